The lowest BCUT2D eigenvalue weighted by Gasteiger charge is -2.23. The Morgan fingerprint density at radius 3 is 2.67 bits per heavy atom. The van der Waals surface area contributed by atoms with Crippen LogP contribution in [0.1, 0.15) is 19.3 Å². The Kier molecular flexibility index (Phi) is 3.65. The van der Waals surface area contributed by atoms with Crippen molar-refractivity contribution in [1.29, 1.82) is 0 Å². The van der Waals surface area contributed by atoms with Gasteiger partial charge in [-0.3, -0.25) is 14.2 Å². The van der Waals surface area contributed by atoms with Gasteiger partial charge in [0.1, 0.15) is 11.6 Å². The smallest absolute Gasteiger partial charge is 0.228 e. The van der Waals surface area contributed by atoms with Gasteiger partial charge in [-0.05, 0) is 37.1 Å². The van der Waals surface area contributed by atoms with E-state index < -0.39 is 0 Å². The first-order valence-electron chi connectivity index (χ1n) is 8.03. The number of nitrogens with one attached hydrogen (secondary N) is 1. The van der Waals surface area contributed by atoms with Crippen LogP contribution in [0.4, 0.5) is 5.82 Å². The Bertz CT molecular complexity index is 882. The molecule has 6 nitrogen and oxygen atoms in total. The van der Waals surface area contributed by atoms with Gasteiger partial charge in [0.05, 0.1) is 25.2 Å². The van der Waals surface area contributed by atoms with Crippen molar-refractivity contribution in [2.45, 2.75) is 19.3 Å². The van der Waals surface area contributed by atoms with Gasteiger partial charge in [0.2, 0.25) is 5.91 Å². The first-order chi connectivity index (χ1) is 11.7. The summed E-state index contributed by atoms with van der Waals surface area (Å²) in [6.45, 7) is 0. The zero-order valence-electron chi connectivity index (χ0n) is 13.4. The van der Waals surface area contributed by atoms with Crippen LogP contribution in [-0.2, 0) is 4.79 Å². The molecule has 0 saturated heterocycles. The van der Waals surface area contributed by atoms with Crippen LogP contribution in [0.3, 0.4) is 0 Å². The number of carbonyl (C=O) groups excluding carboxylic acids is 1. The molecular weight excluding hydrogens is 304 g/mol. The molecule has 1 N–H and O–H groups in total. The van der Waals surface area contributed by atoms with Crippen LogP contribution < -0.4 is 10.1 Å². The SMILES string of the molecule is COc1ccc(-c2cn3c(NC(=O)C4CCC4)cnc3cn2)cc1. The maximum Gasteiger partial charge on any atom is 0.228 e. The van der Waals surface area contributed by atoms with Gasteiger partial charge in [-0.15, -0.1) is 0 Å². The molecule has 2 aromatic heterocycles. The van der Waals surface area contributed by atoms with E-state index >= 15 is 0 Å². The van der Waals surface area contributed by atoms with E-state index in [0.29, 0.717) is 11.5 Å². The summed E-state index contributed by atoms with van der Waals surface area (Å²) >= 11 is 0. The number of hydrogen-bond donors (Lipinski definition) is 1. The summed E-state index contributed by atoms with van der Waals surface area (Å²) in [4.78, 5) is 20.9. The molecule has 4 rings (SSSR count). The number of anilines is 1. The van der Waals surface area contributed by atoms with E-state index in [0.717, 1.165) is 36.3 Å². The zero-order chi connectivity index (χ0) is 16.5. The maximum atomic E-state index is 12.2. The van der Waals surface area contributed by atoms with Crippen molar-refractivity contribution in [3.8, 4) is 17.0 Å². The molecule has 0 radical (unpaired) electrons. The lowest BCUT2D eigenvalue weighted by molar-refractivity contribution is -0.122. The fourth-order valence-electron chi connectivity index (χ4n) is 2.79. The Labute approximate surface area is 139 Å². The monoisotopic (exact) mass is 322 g/mol. The highest BCUT2D eigenvalue weighted by Gasteiger charge is 2.25. The van der Waals surface area contributed by atoms with Crippen LogP contribution in [0.5, 0.6) is 5.75 Å². The van der Waals surface area contributed by atoms with Crippen molar-refractivity contribution in [1.82, 2.24) is 14.4 Å². The van der Waals surface area contributed by atoms with E-state index in [1.54, 1.807) is 19.5 Å². The Balaban J connectivity index is 1.65. The number of aromatic nitrogens is 3. The summed E-state index contributed by atoms with van der Waals surface area (Å²) in [6.07, 6.45) is 8.35. The molecule has 1 amide bonds. The molecule has 122 valence electrons. The third-order valence-corrected chi connectivity index (χ3v) is 4.51. The molecule has 6 heteroatoms. The lowest BCUT2D eigenvalue weighted by Crippen LogP contribution is -2.28. The molecule has 24 heavy (non-hydrogen) atoms. The number of imidazole rings is 1. The molecular formula is C18H18N4O2. The van der Waals surface area contributed by atoms with E-state index in [4.69, 9.17) is 4.74 Å². The third-order valence-electron chi connectivity index (χ3n) is 4.51. The zero-order valence-corrected chi connectivity index (χ0v) is 13.4. The lowest BCUT2D eigenvalue weighted by atomic mass is 9.85. The molecule has 1 aliphatic rings. The van der Waals surface area contributed by atoms with Gasteiger partial charge in [-0.25, -0.2) is 4.98 Å². The van der Waals surface area contributed by atoms with E-state index in [2.05, 4.69) is 15.3 Å². The largest absolute Gasteiger partial charge is 0.497 e. The molecule has 1 saturated carbocycles. The second-order valence-corrected chi connectivity index (χ2v) is 5.99. The number of rotatable bonds is 4. The van der Waals surface area contributed by atoms with Crippen LogP contribution in [0.25, 0.3) is 16.9 Å². The number of ether oxygens (including phenoxy) is 1. The summed E-state index contributed by atoms with van der Waals surface area (Å²) in [7, 11) is 1.64. The Hall–Kier alpha value is -2.89. The maximum absolute atomic E-state index is 12.2. The number of methoxy groups -OCH3 is 1. The number of hydrogen-bond acceptors (Lipinski definition) is 4. The summed E-state index contributed by atoms with van der Waals surface area (Å²) in [5.74, 6) is 1.69. The van der Waals surface area contributed by atoms with Gasteiger partial charge < -0.3 is 10.1 Å². The molecule has 3 aromatic rings. The molecule has 0 spiro atoms. The van der Waals surface area contributed by atoms with Crippen molar-refractivity contribution in [2.24, 2.45) is 5.92 Å². The number of nitrogens with zero attached hydrogens (tertiary/aromatic N) is 3. The van der Waals surface area contributed by atoms with Gasteiger partial charge >= 0.3 is 0 Å². The van der Waals surface area contributed by atoms with Crippen molar-refractivity contribution < 1.29 is 9.53 Å². The minimum atomic E-state index is 0.0749. The standard InChI is InChI=1S/C18H18N4O2/c1-24-14-7-5-12(6-8-14)15-11-22-16(9-19-15)20-10-17(22)21-18(23)13-3-2-4-13/h5-11,13H,2-4H2,1H3,(H,21,23). The summed E-state index contributed by atoms with van der Waals surface area (Å²) in [6, 6.07) is 7.70. The van der Waals surface area contributed by atoms with Crippen LogP contribution in [0.2, 0.25) is 0 Å². The fraction of sp³-hybridized carbons (Fsp3) is 0.278. The molecule has 0 atom stereocenters. The number of amides is 1. The summed E-state index contributed by atoms with van der Waals surface area (Å²) < 4.78 is 7.05. The van der Waals surface area contributed by atoms with Crippen LogP contribution >= 0.6 is 0 Å². The predicted octanol–water partition coefficient (Wildman–Crippen LogP) is 3.14. The second-order valence-electron chi connectivity index (χ2n) is 5.99. The second kappa shape index (κ2) is 5.96. The highest BCUT2D eigenvalue weighted by atomic mass is 16.5. The van der Waals surface area contributed by atoms with E-state index in [-0.39, 0.29) is 11.8 Å². The van der Waals surface area contributed by atoms with Gasteiger partial charge in [0.15, 0.2) is 5.65 Å². The number of carbonyl (C=O) groups is 1. The van der Waals surface area contributed by atoms with Gasteiger partial charge in [0.25, 0.3) is 0 Å². The number of fused-ring (bicyclic) bond motifs is 1. The van der Waals surface area contributed by atoms with Crippen molar-refractivity contribution >= 4 is 17.4 Å². The fourth-order valence-corrected chi connectivity index (χ4v) is 2.79. The molecule has 2 heterocycles. The minimum Gasteiger partial charge on any atom is -0.497 e. The highest BCUT2D eigenvalue weighted by molar-refractivity contribution is 5.92. The number of benzene rings is 1. The van der Waals surface area contributed by atoms with Gasteiger partial charge in [-0.2, -0.15) is 0 Å². The van der Waals surface area contributed by atoms with Crippen LogP contribution in [0.15, 0.2) is 42.9 Å². The molecule has 0 bridgehead atoms. The molecule has 0 unspecified atom stereocenters. The first-order valence-corrected chi connectivity index (χ1v) is 8.03. The molecule has 1 fully saturated rings. The average molecular weight is 322 g/mol. The van der Waals surface area contributed by atoms with Crippen molar-refractivity contribution in [2.75, 3.05) is 12.4 Å². The quantitative estimate of drug-likeness (QED) is 0.801. The normalized spacial score (nSPS) is 14.4. The van der Waals surface area contributed by atoms with Crippen molar-refractivity contribution in [3.05, 3.63) is 42.9 Å². The summed E-state index contributed by atoms with van der Waals surface area (Å²) in [5.41, 5.74) is 2.49. The van der Waals surface area contributed by atoms with Gasteiger partial charge in [0, 0.05) is 17.7 Å². The summed E-state index contributed by atoms with van der Waals surface area (Å²) in [5, 5.41) is 2.98. The third kappa shape index (κ3) is 2.60. The Morgan fingerprint density at radius 1 is 1.21 bits per heavy atom. The van der Waals surface area contributed by atoms with Crippen LogP contribution in [-0.4, -0.2) is 27.4 Å². The van der Waals surface area contributed by atoms with Crippen LogP contribution in [0, 0.1) is 5.92 Å². The average Bonchev–Trinajstić information content (AvgIpc) is 2.95. The van der Waals surface area contributed by atoms with E-state index in [1.807, 2.05) is 34.9 Å². The predicted molar refractivity (Wildman–Crippen MR) is 90.9 cm³/mol. The van der Waals surface area contributed by atoms with Crippen molar-refractivity contribution in [3.63, 3.8) is 0 Å². The minimum absolute atomic E-state index is 0.0749. The van der Waals surface area contributed by atoms with E-state index in [9.17, 15) is 4.79 Å². The molecule has 1 aliphatic carbocycles. The topological polar surface area (TPSA) is 68.5 Å². The Morgan fingerprint density at radius 2 is 2.00 bits per heavy atom. The van der Waals surface area contributed by atoms with Gasteiger partial charge in [-0.1, -0.05) is 6.42 Å². The molecule has 0 aliphatic heterocycles. The molecule has 1 aromatic carbocycles. The highest BCUT2D eigenvalue weighted by Crippen LogP contribution is 2.28. The van der Waals surface area contributed by atoms with E-state index in [1.165, 1.54) is 0 Å². The first kappa shape index (κ1) is 14.7.